The van der Waals surface area contributed by atoms with E-state index in [4.69, 9.17) is 9.72 Å². The van der Waals surface area contributed by atoms with E-state index in [0.717, 1.165) is 41.5 Å². The van der Waals surface area contributed by atoms with Gasteiger partial charge in [-0.3, -0.25) is 4.79 Å². The third kappa shape index (κ3) is 3.80. The smallest absolute Gasteiger partial charge is 0.263 e. The molecule has 7 heteroatoms. The minimum Gasteiger partial charge on any atom is -0.508 e. The highest BCUT2D eigenvalue weighted by Gasteiger charge is 2.28. The number of phenolic OH excluding ortho intramolecular Hbond substituents is 1. The van der Waals surface area contributed by atoms with E-state index in [1.807, 2.05) is 6.92 Å². The van der Waals surface area contributed by atoms with Crippen molar-refractivity contribution < 1.29 is 14.6 Å². The molecular formula is C20H25N3O3S. The molecule has 1 amide bonds. The number of aryl methyl sites for hydroxylation is 1. The Bertz CT molecular complexity index is 851. The number of nitrogens with one attached hydrogen (secondary N) is 1. The number of carbonyl (C=O) groups is 1. The zero-order valence-corrected chi connectivity index (χ0v) is 16.5. The summed E-state index contributed by atoms with van der Waals surface area (Å²) in [6, 6.07) is 4.85. The quantitative estimate of drug-likeness (QED) is 0.846. The first-order chi connectivity index (χ1) is 13.0. The molecule has 2 N–H and O–H groups in total. The Morgan fingerprint density at radius 1 is 1.41 bits per heavy atom. The average molecular weight is 388 g/mol. The molecule has 1 aromatic heterocycles. The van der Waals surface area contributed by atoms with Crippen molar-refractivity contribution in [3.05, 3.63) is 39.3 Å². The number of nitrogens with zero attached hydrogens (tertiary/aromatic N) is 2. The number of hydrogen-bond donors (Lipinski definition) is 2. The summed E-state index contributed by atoms with van der Waals surface area (Å²) in [6.07, 6.45) is 2.98. The maximum Gasteiger partial charge on any atom is 0.263 e. The van der Waals surface area contributed by atoms with Gasteiger partial charge in [-0.2, -0.15) is 0 Å². The maximum atomic E-state index is 12.9. The Morgan fingerprint density at radius 3 is 3.07 bits per heavy atom. The number of hydrogen-bond acceptors (Lipinski definition) is 6. The highest BCUT2D eigenvalue weighted by Crippen LogP contribution is 2.35. The van der Waals surface area contributed by atoms with E-state index in [1.165, 1.54) is 17.8 Å². The van der Waals surface area contributed by atoms with Gasteiger partial charge in [0.25, 0.3) is 5.91 Å². The van der Waals surface area contributed by atoms with E-state index in [2.05, 4.69) is 17.3 Å². The van der Waals surface area contributed by atoms with Crippen molar-refractivity contribution in [3.8, 4) is 11.5 Å². The number of likely N-dealkylation sites (N-methyl/N-ethyl adjacent to an activating group) is 1. The van der Waals surface area contributed by atoms with Crippen LogP contribution in [0, 0.1) is 6.92 Å². The summed E-state index contributed by atoms with van der Waals surface area (Å²) in [5.41, 5.74) is 1.62. The van der Waals surface area contributed by atoms with Gasteiger partial charge in [-0.1, -0.05) is 0 Å². The summed E-state index contributed by atoms with van der Waals surface area (Å²) in [4.78, 5) is 20.7. The van der Waals surface area contributed by atoms with Gasteiger partial charge in [-0.05, 0) is 51.6 Å². The molecule has 1 unspecified atom stereocenters. The van der Waals surface area contributed by atoms with Crippen LogP contribution in [0.15, 0.2) is 18.2 Å². The number of rotatable bonds is 3. The van der Waals surface area contributed by atoms with Crippen molar-refractivity contribution in [1.29, 1.82) is 0 Å². The fraction of sp³-hybridized carbons (Fsp3) is 0.500. The number of amides is 1. The number of benzene rings is 1. The Morgan fingerprint density at radius 2 is 2.26 bits per heavy atom. The van der Waals surface area contributed by atoms with Crippen molar-refractivity contribution >= 4 is 17.2 Å². The first-order valence-electron chi connectivity index (χ1n) is 9.43. The van der Waals surface area contributed by atoms with Crippen LogP contribution in [0.1, 0.15) is 57.2 Å². The monoisotopic (exact) mass is 387 g/mol. The Kier molecular flexibility index (Phi) is 5.06. The molecule has 0 aliphatic carbocycles. The topological polar surface area (TPSA) is 74.7 Å². The molecule has 2 atom stereocenters. The molecule has 1 aromatic carbocycles. The van der Waals surface area contributed by atoms with Gasteiger partial charge < -0.3 is 20.1 Å². The molecule has 3 heterocycles. The summed E-state index contributed by atoms with van der Waals surface area (Å²) in [5.74, 6) is 1.21. The van der Waals surface area contributed by atoms with Crippen molar-refractivity contribution in [3.63, 3.8) is 0 Å². The molecule has 4 rings (SSSR count). The number of aromatic nitrogens is 1. The molecule has 1 fully saturated rings. The van der Waals surface area contributed by atoms with Crippen molar-refractivity contribution in [2.45, 2.75) is 38.1 Å². The van der Waals surface area contributed by atoms with Crippen LogP contribution in [0.4, 0.5) is 0 Å². The fourth-order valence-electron chi connectivity index (χ4n) is 3.93. The Hall–Kier alpha value is -2.12. The van der Waals surface area contributed by atoms with Gasteiger partial charge in [0.1, 0.15) is 16.4 Å². The minimum absolute atomic E-state index is 0.0957. The molecule has 6 nitrogen and oxygen atoms in total. The lowest BCUT2D eigenvalue weighted by Gasteiger charge is -2.28. The molecule has 0 saturated carbocycles. The standard InChI is InChI=1S/C20H25N3O3S/c1-12-18(27-20(21-12)13-4-3-8-23(2)11-13)19(25)22-16-7-9-26-17-6-5-14(24)10-15(16)17/h5-6,10,13,16,24H,3-4,7-9,11H2,1-2H3,(H,22,25)/t13?,16-/m1/s1. The predicted molar refractivity (Wildman–Crippen MR) is 105 cm³/mol. The minimum atomic E-state index is -0.167. The number of piperidine rings is 1. The van der Waals surface area contributed by atoms with Crippen molar-refractivity contribution in [2.75, 3.05) is 26.7 Å². The van der Waals surface area contributed by atoms with Gasteiger partial charge in [0.05, 0.1) is 23.4 Å². The van der Waals surface area contributed by atoms with Gasteiger partial charge in [-0.15, -0.1) is 11.3 Å². The van der Waals surface area contributed by atoms with Gasteiger partial charge in [0.15, 0.2) is 0 Å². The lowest BCUT2D eigenvalue weighted by molar-refractivity contribution is 0.0928. The van der Waals surface area contributed by atoms with Crippen LogP contribution in [-0.4, -0.2) is 47.6 Å². The van der Waals surface area contributed by atoms with Crippen LogP contribution in [0.25, 0.3) is 0 Å². The van der Waals surface area contributed by atoms with E-state index < -0.39 is 0 Å². The summed E-state index contributed by atoms with van der Waals surface area (Å²) in [7, 11) is 2.14. The lowest BCUT2D eigenvalue weighted by atomic mass is 9.99. The largest absolute Gasteiger partial charge is 0.508 e. The SMILES string of the molecule is Cc1nc(C2CCCN(C)C2)sc1C(=O)N[C@@H]1CCOc2ccc(O)cc21. The number of likely N-dealkylation sites (tertiary alicyclic amines) is 1. The molecule has 2 aliphatic rings. The third-order valence-electron chi connectivity index (χ3n) is 5.33. The van der Waals surface area contributed by atoms with Gasteiger partial charge in [0, 0.05) is 24.4 Å². The first-order valence-corrected chi connectivity index (χ1v) is 10.3. The highest BCUT2D eigenvalue weighted by atomic mass is 32.1. The molecule has 27 heavy (non-hydrogen) atoms. The number of thiazole rings is 1. The molecule has 0 spiro atoms. The molecule has 2 aliphatic heterocycles. The first kappa shape index (κ1) is 18.3. The van der Waals surface area contributed by atoms with E-state index in [1.54, 1.807) is 18.2 Å². The molecular weight excluding hydrogens is 362 g/mol. The summed E-state index contributed by atoms with van der Waals surface area (Å²) in [5, 5.41) is 14.0. The molecule has 1 saturated heterocycles. The molecule has 144 valence electrons. The summed E-state index contributed by atoms with van der Waals surface area (Å²) in [6.45, 7) is 4.58. The second-order valence-electron chi connectivity index (χ2n) is 7.45. The molecule has 2 aromatic rings. The van der Waals surface area contributed by atoms with Crippen LogP contribution in [0.3, 0.4) is 0 Å². The number of fused-ring (bicyclic) bond motifs is 1. The zero-order valence-electron chi connectivity index (χ0n) is 15.7. The van der Waals surface area contributed by atoms with Gasteiger partial charge >= 0.3 is 0 Å². The second-order valence-corrected chi connectivity index (χ2v) is 8.48. The number of aromatic hydroxyl groups is 1. The predicted octanol–water partition coefficient (Wildman–Crippen LogP) is 3.22. The normalized spacial score (nSPS) is 22.7. The second kappa shape index (κ2) is 7.48. The third-order valence-corrected chi connectivity index (χ3v) is 6.65. The average Bonchev–Trinajstić information content (AvgIpc) is 3.04. The van der Waals surface area contributed by atoms with E-state index in [-0.39, 0.29) is 17.7 Å². The van der Waals surface area contributed by atoms with Crippen LogP contribution < -0.4 is 10.1 Å². The van der Waals surface area contributed by atoms with Crippen LogP contribution in [0.2, 0.25) is 0 Å². The highest BCUT2D eigenvalue weighted by molar-refractivity contribution is 7.13. The number of carbonyl (C=O) groups excluding carboxylic acids is 1. The van der Waals surface area contributed by atoms with E-state index in [0.29, 0.717) is 23.8 Å². The van der Waals surface area contributed by atoms with Crippen molar-refractivity contribution in [1.82, 2.24) is 15.2 Å². The molecule has 0 bridgehead atoms. The van der Waals surface area contributed by atoms with Crippen LogP contribution >= 0.6 is 11.3 Å². The van der Waals surface area contributed by atoms with Crippen LogP contribution in [0.5, 0.6) is 11.5 Å². The number of ether oxygens (including phenoxy) is 1. The van der Waals surface area contributed by atoms with Gasteiger partial charge in [0.2, 0.25) is 0 Å². The Labute approximate surface area is 163 Å². The zero-order chi connectivity index (χ0) is 19.0. The van der Waals surface area contributed by atoms with Gasteiger partial charge in [-0.25, -0.2) is 4.98 Å². The fourth-order valence-corrected chi connectivity index (χ4v) is 5.02. The molecule has 0 radical (unpaired) electrons. The Balaban J connectivity index is 1.52. The van der Waals surface area contributed by atoms with Crippen molar-refractivity contribution in [2.24, 2.45) is 0 Å². The maximum absolute atomic E-state index is 12.9. The van der Waals surface area contributed by atoms with E-state index in [9.17, 15) is 9.90 Å². The number of phenols is 1. The van der Waals surface area contributed by atoms with E-state index >= 15 is 0 Å². The summed E-state index contributed by atoms with van der Waals surface area (Å²) >= 11 is 1.52. The lowest BCUT2D eigenvalue weighted by Crippen LogP contribution is -2.32. The van der Waals surface area contributed by atoms with Crippen LogP contribution in [-0.2, 0) is 0 Å². The summed E-state index contributed by atoms with van der Waals surface area (Å²) < 4.78 is 5.64.